The van der Waals surface area contributed by atoms with Crippen LogP contribution < -0.4 is 5.32 Å². The number of H-pyrrole nitrogens is 1. The predicted octanol–water partition coefficient (Wildman–Crippen LogP) is 3.39. The van der Waals surface area contributed by atoms with E-state index in [0.29, 0.717) is 23.5 Å². The van der Waals surface area contributed by atoms with Crippen molar-refractivity contribution in [3.8, 4) is 0 Å². The zero-order valence-electron chi connectivity index (χ0n) is 11.5. The minimum Gasteiger partial charge on any atom is -0.352 e. The maximum Gasteiger partial charge on any atom is 0.271 e. The van der Waals surface area contributed by atoms with Gasteiger partial charge >= 0.3 is 0 Å². The molecule has 1 aromatic heterocycles. The molecule has 0 aliphatic heterocycles. The van der Waals surface area contributed by atoms with Crippen molar-refractivity contribution in [2.24, 2.45) is 0 Å². The molecule has 2 aromatic carbocycles. The molecule has 0 aliphatic carbocycles. The van der Waals surface area contributed by atoms with Crippen LogP contribution in [0, 0.1) is 17.0 Å². The first-order valence-corrected chi connectivity index (χ1v) is 6.55. The molecule has 0 bridgehead atoms. The number of imidazole rings is 1. The van der Waals surface area contributed by atoms with Gasteiger partial charge in [0.1, 0.15) is 0 Å². The molecule has 0 saturated heterocycles. The summed E-state index contributed by atoms with van der Waals surface area (Å²) < 4.78 is 0. The molecule has 6 heteroatoms. The van der Waals surface area contributed by atoms with Gasteiger partial charge in [0, 0.05) is 18.7 Å². The van der Waals surface area contributed by atoms with Gasteiger partial charge in [-0.1, -0.05) is 29.8 Å². The number of nitrogens with zero attached hydrogens (tertiary/aromatic N) is 2. The largest absolute Gasteiger partial charge is 0.352 e. The third kappa shape index (κ3) is 2.84. The quantitative estimate of drug-likeness (QED) is 0.567. The summed E-state index contributed by atoms with van der Waals surface area (Å²) in [4.78, 5) is 17.7. The molecular formula is C15H14N4O2. The summed E-state index contributed by atoms with van der Waals surface area (Å²) in [5.41, 5.74) is 3.76. The molecule has 0 amide bonds. The number of non-ortho nitro benzene ring substituents is 1. The van der Waals surface area contributed by atoms with Crippen LogP contribution in [-0.4, -0.2) is 14.9 Å². The lowest BCUT2D eigenvalue weighted by Crippen LogP contribution is -2.00. The Morgan fingerprint density at radius 1 is 1.24 bits per heavy atom. The van der Waals surface area contributed by atoms with E-state index in [1.54, 1.807) is 6.07 Å². The summed E-state index contributed by atoms with van der Waals surface area (Å²) in [6.45, 7) is 2.69. The number of rotatable bonds is 4. The summed E-state index contributed by atoms with van der Waals surface area (Å²) in [5, 5.41) is 13.9. The van der Waals surface area contributed by atoms with Crippen molar-refractivity contribution in [1.29, 1.82) is 0 Å². The molecule has 0 aliphatic rings. The second-order valence-corrected chi connectivity index (χ2v) is 4.88. The van der Waals surface area contributed by atoms with Crippen LogP contribution in [-0.2, 0) is 6.54 Å². The van der Waals surface area contributed by atoms with Crippen molar-refractivity contribution in [2.45, 2.75) is 13.5 Å². The van der Waals surface area contributed by atoms with Crippen LogP contribution in [0.15, 0.2) is 42.5 Å². The SMILES string of the molecule is Cc1ccc(CNc2nc3ccc([N+](=O)[O-])cc3[nH]2)cc1. The Kier molecular flexibility index (Phi) is 3.27. The molecule has 6 nitrogen and oxygen atoms in total. The molecule has 0 radical (unpaired) electrons. The number of hydrogen-bond acceptors (Lipinski definition) is 4. The van der Waals surface area contributed by atoms with Crippen LogP contribution in [0.2, 0.25) is 0 Å². The summed E-state index contributed by atoms with van der Waals surface area (Å²) in [6.07, 6.45) is 0. The van der Waals surface area contributed by atoms with E-state index in [4.69, 9.17) is 0 Å². The normalized spacial score (nSPS) is 10.7. The molecule has 1 heterocycles. The summed E-state index contributed by atoms with van der Waals surface area (Å²) in [6, 6.07) is 12.8. The molecule has 0 fully saturated rings. The van der Waals surface area contributed by atoms with Gasteiger partial charge in [-0.05, 0) is 18.6 Å². The number of aromatic nitrogens is 2. The molecule has 3 rings (SSSR count). The Bertz CT molecular complexity index is 793. The second kappa shape index (κ2) is 5.24. The smallest absolute Gasteiger partial charge is 0.271 e. The maximum atomic E-state index is 10.7. The zero-order valence-corrected chi connectivity index (χ0v) is 11.5. The molecule has 21 heavy (non-hydrogen) atoms. The molecule has 2 N–H and O–H groups in total. The fourth-order valence-corrected chi connectivity index (χ4v) is 2.09. The van der Waals surface area contributed by atoms with Crippen LogP contribution in [0.3, 0.4) is 0 Å². The first-order chi connectivity index (χ1) is 10.1. The van der Waals surface area contributed by atoms with Crippen molar-refractivity contribution in [1.82, 2.24) is 9.97 Å². The Morgan fingerprint density at radius 3 is 2.71 bits per heavy atom. The highest BCUT2D eigenvalue weighted by Gasteiger charge is 2.09. The summed E-state index contributed by atoms with van der Waals surface area (Å²) in [5.74, 6) is 0.603. The van der Waals surface area contributed by atoms with Crippen LogP contribution in [0.5, 0.6) is 0 Å². The van der Waals surface area contributed by atoms with E-state index >= 15 is 0 Å². The van der Waals surface area contributed by atoms with Crippen molar-refractivity contribution >= 4 is 22.7 Å². The number of hydrogen-bond donors (Lipinski definition) is 2. The van der Waals surface area contributed by atoms with Gasteiger partial charge in [0.2, 0.25) is 5.95 Å². The average Bonchev–Trinajstić information content (AvgIpc) is 2.88. The molecule has 0 atom stereocenters. The first-order valence-electron chi connectivity index (χ1n) is 6.55. The van der Waals surface area contributed by atoms with Crippen molar-refractivity contribution in [3.05, 3.63) is 63.7 Å². The Morgan fingerprint density at radius 2 is 2.00 bits per heavy atom. The lowest BCUT2D eigenvalue weighted by Gasteiger charge is -2.03. The Labute approximate surface area is 121 Å². The zero-order chi connectivity index (χ0) is 14.8. The lowest BCUT2D eigenvalue weighted by molar-refractivity contribution is -0.384. The highest BCUT2D eigenvalue weighted by molar-refractivity contribution is 5.79. The van der Waals surface area contributed by atoms with Crippen LogP contribution in [0.25, 0.3) is 11.0 Å². The van der Waals surface area contributed by atoms with Crippen LogP contribution >= 0.6 is 0 Å². The highest BCUT2D eigenvalue weighted by Crippen LogP contribution is 2.20. The number of fused-ring (bicyclic) bond motifs is 1. The maximum absolute atomic E-state index is 10.7. The standard InChI is InChI=1S/C15H14N4O2/c1-10-2-4-11(5-3-10)9-16-15-17-13-7-6-12(19(20)21)8-14(13)18-15/h2-8H,9H2,1H3,(H2,16,17,18). The van der Waals surface area contributed by atoms with Gasteiger partial charge < -0.3 is 10.3 Å². The van der Waals surface area contributed by atoms with Gasteiger partial charge in [0.15, 0.2) is 0 Å². The van der Waals surface area contributed by atoms with E-state index in [-0.39, 0.29) is 5.69 Å². The fraction of sp³-hybridized carbons (Fsp3) is 0.133. The topological polar surface area (TPSA) is 83.8 Å². The first kappa shape index (κ1) is 13.1. The van der Waals surface area contributed by atoms with E-state index < -0.39 is 4.92 Å². The number of benzene rings is 2. The fourth-order valence-electron chi connectivity index (χ4n) is 2.09. The van der Waals surface area contributed by atoms with Gasteiger partial charge in [-0.3, -0.25) is 10.1 Å². The van der Waals surface area contributed by atoms with E-state index in [1.165, 1.54) is 17.7 Å². The second-order valence-electron chi connectivity index (χ2n) is 4.88. The Hall–Kier alpha value is -2.89. The molecule has 106 valence electrons. The van der Waals surface area contributed by atoms with Crippen LogP contribution in [0.4, 0.5) is 11.6 Å². The minimum absolute atomic E-state index is 0.0521. The average molecular weight is 282 g/mol. The van der Waals surface area contributed by atoms with E-state index in [9.17, 15) is 10.1 Å². The van der Waals surface area contributed by atoms with Crippen molar-refractivity contribution in [3.63, 3.8) is 0 Å². The van der Waals surface area contributed by atoms with Crippen LogP contribution in [0.1, 0.15) is 11.1 Å². The van der Waals surface area contributed by atoms with Crippen molar-refractivity contribution < 1.29 is 4.92 Å². The van der Waals surface area contributed by atoms with Gasteiger partial charge in [-0.15, -0.1) is 0 Å². The van der Waals surface area contributed by atoms with Gasteiger partial charge in [0.25, 0.3) is 5.69 Å². The monoisotopic (exact) mass is 282 g/mol. The van der Waals surface area contributed by atoms with Gasteiger partial charge in [0.05, 0.1) is 16.0 Å². The van der Waals surface area contributed by atoms with Gasteiger partial charge in [-0.25, -0.2) is 4.98 Å². The third-order valence-electron chi connectivity index (χ3n) is 3.26. The number of aromatic amines is 1. The molecule has 0 unspecified atom stereocenters. The minimum atomic E-state index is -0.417. The predicted molar refractivity (Wildman–Crippen MR) is 81.3 cm³/mol. The Balaban J connectivity index is 1.78. The van der Waals surface area contributed by atoms with E-state index in [2.05, 4.69) is 39.6 Å². The summed E-state index contributed by atoms with van der Waals surface area (Å²) >= 11 is 0. The van der Waals surface area contributed by atoms with Gasteiger partial charge in [-0.2, -0.15) is 0 Å². The molecule has 0 spiro atoms. The van der Waals surface area contributed by atoms with E-state index in [0.717, 1.165) is 5.56 Å². The highest BCUT2D eigenvalue weighted by atomic mass is 16.6. The van der Waals surface area contributed by atoms with Crippen molar-refractivity contribution in [2.75, 3.05) is 5.32 Å². The molecule has 3 aromatic rings. The molecule has 0 saturated carbocycles. The summed E-state index contributed by atoms with van der Waals surface area (Å²) in [7, 11) is 0. The molecular weight excluding hydrogens is 268 g/mol. The number of nitrogens with one attached hydrogen (secondary N) is 2. The lowest BCUT2D eigenvalue weighted by atomic mass is 10.1. The third-order valence-corrected chi connectivity index (χ3v) is 3.26. The number of nitro groups is 1. The number of anilines is 1. The number of nitro benzene ring substituents is 1. The van der Waals surface area contributed by atoms with E-state index in [1.807, 2.05) is 6.92 Å². The number of aryl methyl sites for hydroxylation is 1.